The Balaban J connectivity index is 1.57. The molecule has 0 saturated heterocycles. The van der Waals surface area contributed by atoms with E-state index in [-0.39, 0.29) is 6.61 Å². The second kappa shape index (κ2) is 11.2. The number of nitrogens with one attached hydrogen (secondary N) is 1. The van der Waals surface area contributed by atoms with Gasteiger partial charge in [0.05, 0.1) is 26.4 Å². The van der Waals surface area contributed by atoms with Crippen molar-refractivity contribution in [3.05, 3.63) is 94.8 Å². The molecule has 0 saturated carbocycles. The highest BCUT2D eigenvalue weighted by Crippen LogP contribution is 2.41. The predicted octanol–water partition coefficient (Wildman–Crippen LogP) is 4.71. The normalized spacial score (nSPS) is 19.8. The van der Waals surface area contributed by atoms with E-state index < -0.39 is 24.5 Å². The number of methoxy groups -OCH3 is 1. The quantitative estimate of drug-likeness (QED) is 0.450. The average molecular weight is 452 g/mol. The zero-order chi connectivity index (χ0) is 23.0. The summed E-state index contributed by atoms with van der Waals surface area (Å²) in [5, 5.41) is 0. The van der Waals surface area contributed by atoms with Gasteiger partial charge in [0.15, 0.2) is 6.29 Å². The standard InChI is InChI=1S/C26H29NO6/c1-3-31-25(28)23-22-20(14-27-23)24(32-16-19-12-8-5-9-13-19)21(33-26(22)29-2)17-30-15-18-10-6-4-7-11-18/h4-14,21,24,26-27H,3,15-17H2,1-2H3/t21-,24+,26+/m1/s1. The second-order valence-corrected chi connectivity index (χ2v) is 7.71. The number of aromatic nitrogens is 1. The molecule has 0 unspecified atom stereocenters. The third-order valence-electron chi connectivity index (χ3n) is 5.49. The van der Waals surface area contributed by atoms with E-state index in [1.165, 1.54) is 0 Å². The number of carbonyl (C=O) groups excluding carboxylic acids is 1. The summed E-state index contributed by atoms with van der Waals surface area (Å²) in [6.45, 7) is 3.19. The molecule has 0 bridgehead atoms. The minimum atomic E-state index is -0.743. The maximum absolute atomic E-state index is 12.5. The van der Waals surface area contributed by atoms with E-state index in [2.05, 4.69) is 4.98 Å². The van der Waals surface area contributed by atoms with Crippen molar-refractivity contribution in [2.75, 3.05) is 20.3 Å². The Bertz CT molecular complexity index is 1020. The Morgan fingerprint density at radius 2 is 1.67 bits per heavy atom. The fourth-order valence-corrected chi connectivity index (χ4v) is 3.93. The minimum absolute atomic E-state index is 0.273. The van der Waals surface area contributed by atoms with Crippen molar-refractivity contribution >= 4 is 5.97 Å². The summed E-state index contributed by atoms with van der Waals surface area (Å²) in [4.78, 5) is 15.5. The first-order valence-electron chi connectivity index (χ1n) is 11.0. The van der Waals surface area contributed by atoms with E-state index in [1.54, 1.807) is 20.2 Å². The number of esters is 1. The number of hydrogen-bond acceptors (Lipinski definition) is 6. The molecule has 3 atom stereocenters. The zero-order valence-electron chi connectivity index (χ0n) is 18.9. The lowest BCUT2D eigenvalue weighted by Gasteiger charge is -2.36. The summed E-state index contributed by atoms with van der Waals surface area (Å²) in [5.41, 5.74) is 3.84. The summed E-state index contributed by atoms with van der Waals surface area (Å²) >= 11 is 0. The smallest absolute Gasteiger partial charge is 0.355 e. The van der Waals surface area contributed by atoms with Gasteiger partial charge in [0.1, 0.15) is 17.9 Å². The highest BCUT2D eigenvalue weighted by Gasteiger charge is 2.41. The van der Waals surface area contributed by atoms with E-state index in [4.69, 9.17) is 23.7 Å². The average Bonchev–Trinajstić information content (AvgIpc) is 3.30. The van der Waals surface area contributed by atoms with E-state index in [0.29, 0.717) is 31.1 Å². The van der Waals surface area contributed by atoms with Crippen LogP contribution < -0.4 is 0 Å². The van der Waals surface area contributed by atoms with Crippen LogP contribution in [0.4, 0.5) is 0 Å². The molecule has 0 fully saturated rings. The van der Waals surface area contributed by atoms with Crippen molar-refractivity contribution in [2.45, 2.75) is 38.6 Å². The molecule has 0 amide bonds. The molecule has 0 spiro atoms. The molecule has 3 aromatic rings. The molecule has 2 aromatic carbocycles. The van der Waals surface area contributed by atoms with Crippen molar-refractivity contribution in [1.29, 1.82) is 0 Å². The lowest BCUT2D eigenvalue weighted by Crippen LogP contribution is -2.36. The molecule has 1 aliphatic rings. The molecular weight excluding hydrogens is 422 g/mol. The first kappa shape index (κ1) is 23.2. The number of rotatable bonds is 10. The molecule has 1 N–H and O–H groups in total. The molecule has 33 heavy (non-hydrogen) atoms. The number of aromatic amines is 1. The molecule has 1 aromatic heterocycles. The maximum atomic E-state index is 12.5. The fourth-order valence-electron chi connectivity index (χ4n) is 3.93. The molecule has 0 aliphatic carbocycles. The molecule has 7 nitrogen and oxygen atoms in total. The molecule has 7 heteroatoms. The van der Waals surface area contributed by atoms with Gasteiger partial charge in [0.25, 0.3) is 0 Å². The topological polar surface area (TPSA) is 79.0 Å². The van der Waals surface area contributed by atoms with Crippen LogP contribution in [0.3, 0.4) is 0 Å². The Kier molecular flexibility index (Phi) is 7.91. The Hall–Kier alpha value is -2.97. The summed E-state index contributed by atoms with van der Waals surface area (Å²) in [7, 11) is 1.55. The highest BCUT2D eigenvalue weighted by atomic mass is 16.7. The second-order valence-electron chi connectivity index (χ2n) is 7.71. The zero-order valence-corrected chi connectivity index (χ0v) is 18.9. The van der Waals surface area contributed by atoms with Crippen molar-refractivity contribution in [3.63, 3.8) is 0 Å². The Labute approximate surface area is 193 Å². The summed E-state index contributed by atoms with van der Waals surface area (Å²) in [5.74, 6) is -0.454. The van der Waals surface area contributed by atoms with Crippen LogP contribution in [0.25, 0.3) is 0 Å². The molecule has 2 heterocycles. The summed E-state index contributed by atoms with van der Waals surface area (Å²) in [6, 6.07) is 19.9. The van der Waals surface area contributed by atoms with Gasteiger partial charge in [-0.15, -0.1) is 0 Å². The first-order chi connectivity index (χ1) is 16.2. The Morgan fingerprint density at radius 1 is 1.00 bits per heavy atom. The van der Waals surface area contributed by atoms with Gasteiger partial charge in [0, 0.05) is 24.4 Å². The number of H-pyrrole nitrogens is 1. The number of ether oxygens (including phenoxy) is 5. The van der Waals surface area contributed by atoms with Gasteiger partial charge < -0.3 is 28.7 Å². The molecular formula is C26H29NO6. The van der Waals surface area contributed by atoms with Gasteiger partial charge in [-0.3, -0.25) is 0 Å². The van der Waals surface area contributed by atoms with Crippen LogP contribution in [0.5, 0.6) is 0 Å². The predicted molar refractivity (Wildman–Crippen MR) is 121 cm³/mol. The molecule has 4 rings (SSSR count). The maximum Gasteiger partial charge on any atom is 0.355 e. The van der Waals surface area contributed by atoms with Crippen molar-refractivity contribution in [2.24, 2.45) is 0 Å². The van der Waals surface area contributed by atoms with Crippen LogP contribution in [0.1, 0.15) is 52.1 Å². The van der Waals surface area contributed by atoms with Crippen LogP contribution in [0.2, 0.25) is 0 Å². The lowest BCUT2D eigenvalue weighted by atomic mass is 9.97. The van der Waals surface area contributed by atoms with Crippen LogP contribution >= 0.6 is 0 Å². The monoisotopic (exact) mass is 451 g/mol. The van der Waals surface area contributed by atoms with E-state index in [9.17, 15) is 4.79 Å². The summed E-state index contributed by atoms with van der Waals surface area (Å²) < 4.78 is 29.3. The van der Waals surface area contributed by atoms with Gasteiger partial charge in [-0.05, 0) is 18.1 Å². The van der Waals surface area contributed by atoms with E-state index in [1.807, 2.05) is 60.7 Å². The Morgan fingerprint density at radius 3 is 2.30 bits per heavy atom. The SMILES string of the molecule is CCOC(=O)c1[nH]cc2c1[C@@H](OC)O[C@H](COCc1ccccc1)[C@H]2OCc1ccccc1. The number of benzene rings is 2. The molecule has 1 aliphatic heterocycles. The van der Waals surface area contributed by atoms with Gasteiger partial charge in [0.2, 0.25) is 0 Å². The minimum Gasteiger partial charge on any atom is -0.461 e. The lowest BCUT2D eigenvalue weighted by molar-refractivity contribution is -0.222. The van der Waals surface area contributed by atoms with E-state index >= 15 is 0 Å². The van der Waals surface area contributed by atoms with Gasteiger partial charge >= 0.3 is 5.97 Å². The van der Waals surface area contributed by atoms with Crippen LogP contribution in [0, 0.1) is 0 Å². The van der Waals surface area contributed by atoms with Crippen molar-refractivity contribution < 1.29 is 28.5 Å². The van der Waals surface area contributed by atoms with Crippen LogP contribution in [-0.4, -0.2) is 37.4 Å². The number of hydrogen-bond donors (Lipinski definition) is 1. The number of fused-ring (bicyclic) bond motifs is 1. The third kappa shape index (κ3) is 5.51. The van der Waals surface area contributed by atoms with Crippen LogP contribution in [-0.2, 0) is 36.9 Å². The highest BCUT2D eigenvalue weighted by molar-refractivity contribution is 5.89. The van der Waals surface area contributed by atoms with Crippen molar-refractivity contribution in [3.8, 4) is 0 Å². The largest absolute Gasteiger partial charge is 0.461 e. The van der Waals surface area contributed by atoms with Gasteiger partial charge in [-0.2, -0.15) is 0 Å². The molecule has 174 valence electrons. The molecule has 0 radical (unpaired) electrons. The van der Waals surface area contributed by atoms with Crippen LogP contribution in [0.15, 0.2) is 66.9 Å². The van der Waals surface area contributed by atoms with E-state index in [0.717, 1.165) is 16.7 Å². The van der Waals surface area contributed by atoms with Gasteiger partial charge in [-0.25, -0.2) is 4.79 Å². The van der Waals surface area contributed by atoms with Gasteiger partial charge in [-0.1, -0.05) is 60.7 Å². The fraction of sp³-hybridized carbons (Fsp3) is 0.346. The first-order valence-corrected chi connectivity index (χ1v) is 11.0. The summed E-state index contributed by atoms with van der Waals surface area (Å²) in [6.07, 6.45) is 0.144. The van der Waals surface area contributed by atoms with Crippen molar-refractivity contribution in [1.82, 2.24) is 4.98 Å². The number of carbonyl (C=O) groups is 1. The third-order valence-corrected chi connectivity index (χ3v) is 5.49.